The molecule has 0 spiro atoms. The van der Waals surface area contributed by atoms with Crippen LogP contribution in [0, 0.1) is 0 Å². The van der Waals surface area contributed by atoms with Crippen molar-refractivity contribution in [1.82, 2.24) is 25.2 Å². The van der Waals surface area contributed by atoms with Gasteiger partial charge >= 0.3 is 0 Å². The Bertz CT molecular complexity index is 649. The molecule has 0 saturated carbocycles. The van der Waals surface area contributed by atoms with E-state index < -0.39 is 11.2 Å². The second-order valence-electron chi connectivity index (χ2n) is 7.80. The van der Waals surface area contributed by atoms with Crippen molar-refractivity contribution in [2.75, 3.05) is 33.4 Å². The maximum Gasteiger partial charge on any atom is 0.254 e. The molecule has 0 aliphatic carbocycles. The second kappa shape index (κ2) is 9.00. The van der Waals surface area contributed by atoms with Gasteiger partial charge in [-0.1, -0.05) is 5.21 Å². The van der Waals surface area contributed by atoms with Gasteiger partial charge in [0, 0.05) is 58.9 Å². The van der Waals surface area contributed by atoms with E-state index in [-0.39, 0.29) is 11.8 Å². The minimum Gasteiger partial charge on any atom is -0.368 e. The third-order valence-electron chi connectivity index (χ3n) is 5.91. The van der Waals surface area contributed by atoms with Crippen molar-refractivity contribution < 1.29 is 19.1 Å². The summed E-state index contributed by atoms with van der Waals surface area (Å²) in [7, 11) is 1.57. The summed E-state index contributed by atoms with van der Waals surface area (Å²) < 4.78 is 13.2. The monoisotopic (exact) mass is 393 g/mol. The average molecular weight is 393 g/mol. The molecule has 0 bridgehead atoms. The molecule has 2 fully saturated rings. The SMILES string of the molecule is COC1(C(=O)NCCCn2ccnn2)CCN(C(=O)C2(C)CCCCO2)CC1. The summed E-state index contributed by atoms with van der Waals surface area (Å²) in [6.45, 7) is 4.75. The van der Waals surface area contributed by atoms with E-state index in [0.717, 1.165) is 25.7 Å². The van der Waals surface area contributed by atoms with Crippen LogP contribution in [0.15, 0.2) is 12.4 Å². The molecule has 2 aliphatic rings. The predicted molar refractivity (Wildman–Crippen MR) is 101 cm³/mol. The van der Waals surface area contributed by atoms with E-state index in [4.69, 9.17) is 9.47 Å². The zero-order valence-electron chi connectivity index (χ0n) is 16.9. The number of carbonyl (C=O) groups excluding carboxylic acids is 2. The largest absolute Gasteiger partial charge is 0.368 e. The molecule has 0 radical (unpaired) electrons. The molecular weight excluding hydrogens is 362 g/mol. The highest BCUT2D eigenvalue weighted by Crippen LogP contribution is 2.31. The highest BCUT2D eigenvalue weighted by molar-refractivity contribution is 5.87. The fourth-order valence-corrected chi connectivity index (χ4v) is 3.99. The molecule has 9 nitrogen and oxygen atoms in total. The maximum atomic E-state index is 12.9. The van der Waals surface area contributed by atoms with Crippen molar-refractivity contribution in [3.05, 3.63) is 12.4 Å². The Kier molecular flexibility index (Phi) is 6.66. The van der Waals surface area contributed by atoms with Gasteiger partial charge in [0.05, 0.1) is 6.20 Å². The summed E-state index contributed by atoms with van der Waals surface area (Å²) in [6, 6.07) is 0. The average Bonchev–Trinajstić information content (AvgIpc) is 3.24. The molecule has 0 aromatic carbocycles. The number of carbonyl (C=O) groups is 2. The number of hydrogen-bond donors (Lipinski definition) is 1. The summed E-state index contributed by atoms with van der Waals surface area (Å²) in [5, 5.41) is 10.6. The first-order chi connectivity index (χ1) is 13.5. The molecule has 1 unspecified atom stereocenters. The first kappa shape index (κ1) is 20.7. The lowest BCUT2D eigenvalue weighted by Gasteiger charge is -2.43. The van der Waals surface area contributed by atoms with E-state index >= 15 is 0 Å². The normalized spacial score (nSPS) is 24.7. The summed E-state index contributed by atoms with van der Waals surface area (Å²) in [6.07, 6.45) is 7.93. The van der Waals surface area contributed by atoms with Crippen LogP contribution in [0.3, 0.4) is 0 Å². The number of likely N-dealkylation sites (tertiary alicyclic amines) is 1. The molecule has 1 N–H and O–H groups in total. The Labute approximate surface area is 165 Å². The fraction of sp³-hybridized carbons (Fsp3) is 0.789. The van der Waals surface area contributed by atoms with Crippen LogP contribution in [-0.2, 0) is 25.6 Å². The molecule has 1 aromatic heterocycles. The molecule has 156 valence electrons. The first-order valence-electron chi connectivity index (χ1n) is 10.1. The predicted octanol–water partition coefficient (Wildman–Crippen LogP) is 0.751. The Hall–Kier alpha value is -2.00. The minimum absolute atomic E-state index is 0.0325. The molecule has 2 saturated heterocycles. The zero-order valence-corrected chi connectivity index (χ0v) is 16.9. The second-order valence-corrected chi connectivity index (χ2v) is 7.80. The van der Waals surface area contributed by atoms with Gasteiger partial charge in [-0.25, -0.2) is 0 Å². The summed E-state index contributed by atoms with van der Waals surface area (Å²) in [5.74, 6) is -0.0778. The van der Waals surface area contributed by atoms with Crippen LogP contribution in [0.2, 0.25) is 0 Å². The topological polar surface area (TPSA) is 98.6 Å². The Morgan fingerprint density at radius 3 is 2.64 bits per heavy atom. The van der Waals surface area contributed by atoms with Crippen LogP contribution >= 0.6 is 0 Å². The van der Waals surface area contributed by atoms with E-state index in [1.807, 2.05) is 11.8 Å². The number of piperidine rings is 1. The highest BCUT2D eigenvalue weighted by atomic mass is 16.5. The van der Waals surface area contributed by atoms with E-state index in [2.05, 4.69) is 15.6 Å². The highest BCUT2D eigenvalue weighted by Gasteiger charge is 2.46. The number of aromatic nitrogens is 3. The van der Waals surface area contributed by atoms with Crippen molar-refractivity contribution in [1.29, 1.82) is 0 Å². The van der Waals surface area contributed by atoms with Crippen molar-refractivity contribution in [3.63, 3.8) is 0 Å². The third kappa shape index (κ3) is 4.52. The number of nitrogens with one attached hydrogen (secondary N) is 1. The van der Waals surface area contributed by atoms with Gasteiger partial charge in [0.25, 0.3) is 11.8 Å². The van der Waals surface area contributed by atoms with Crippen LogP contribution in [0.25, 0.3) is 0 Å². The number of aryl methyl sites for hydroxylation is 1. The minimum atomic E-state index is -0.877. The molecule has 2 amide bonds. The Morgan fingerprint density at radius 2 is 2.04 bits per heavy atom. The lowest BCUT2D eigenvalue weighted by Crippen LogP contribution is -2.59. The van der Waals surface area contributed by atoms with Gasteiger partial charge in [0.1, 0.15) is 11.2 Å². The van der Waals surface area contributed by atoms with E-state index in [1.165, 1.54) is 0 Å². The lowest BCUT2D eigenvalue weighted by molar-refractivity contribution is -0.169. The molecular formula is C19H31N5O4. The van der Waals surface area contributed by atoms with Gasteiger partial charge in [-0.3, -0.25) is 14.3 Å². The fourth-order valence-electron chi connectivity index (χ4n) is 3.99. The summed E-state index contributed by atoms with van der Waals surface area (Å²) in [5.41, 5.74) is -1.60. The van der Waals surface area contributed by atoms with E-state index in [9.17, 15) is 9.59 Å². The number of hydrogen-bond acceptors (Lipinski definition) is 6. The standard InChI is InChI=1S/C19H31N5O4/c1-18(6-3-4-15-28-18)17(26)23-12-7-19(27-2,8-13-23)16(25)20-9-5-11-24-14-10-21-22-24/h10,14H,3-9,11-13,15H2,1-2H3,(H,20,25). The van der Waals surface area contributed by atoms with E-state index in [1.54, 1.807) is 24.2 Å². The van der Waals surface area contributed by atoms with Gasteiger partial charge < -0.3 is 19.7 Å². The Morgan fingerprint density at radius 1 is 1.25 bits per heavy atom. The molecule has 1 aromatic rings. The van der Waals surface area contributed by atoms with Crippen molar-refractivity contribution in [2.45, 2.75) is 63.2 Å². The van der Waals surface area contributed by atoms with Crippen LogP contribution in [0.4, 0.5) is 0 Å². The van der Waals surface area contributed by atoms with Crippen LogP contribution in [-0.4, -0.2) is 76.3 Å². The Balaban J connectivity index is 1.48. The van der Waals surface area contributed by atoms with E-state index in [0.29, 0.717) is 45.6 Å². The van der Waals surface area contributed by atoms with Gasteiger partial charge in [0.2, 0.25) is 0 Å². The quantitative estimate of drug-likeness (QED) is 0.687. The lowest BCUT2D eigenvalue weighted by atomic mass is 9.88. The van der Waals surface area contributed by atoms with Crippen LogP contribution in [0.5, 0.6) is 0 Å². The molecule has 2 aliphatic heterocycles. The molecule has 28 heavy (non-hydrogen) atoms. The van der Waals surface area contributed by atoms with Crippen molar-refractivity contribution in [2.24, 2.45) is 0 Å². The molecule has 3 heterocycles. The van der Waals surface area contributed by atoms with Gasteiger partial charge in [0.15, 0.2) is 0 Å². The number of nitrogens with zero attached hydrogens (tertiary/aromatic N) is 4. The summed E-state index contributed by atoms with van der Waals surface area (Å²) in [4.78, 5) is 27.5. The third-order valence-corrected chi connectivity index (χ3v) is 5.91. The van der Waals surface area contributed by atoms with Crippen LogP contribution < -0.4 is 5.32 Å². The number of rotatable bonds is 7. The summed E-state index contributed by atoms with van der Waals surface area (Å²) >= 11 is 0. The van der Waals surface area contributed by atoms with Gasteiger partial charge in [-0.15, -0.1) is 5.10 Å². The smallest absolute Gasteiger partial charge is 0.254 e. The molecule has 9 heteroatoms. The first-order valence-corrected chi connectivity index (χ1v) is 10.1. The molecule has 3 rings (SSSR count). The number of amides is 2. The number of methoxy groups -OCH3 is 1. The van der Waals surface area contributed by atoms with Gasteiger partial charge in [-0.2, -0.15) is 0 Å². The molecule has 1 atom stereocenters. The van der Waals surface area contributed by atoms with Crippen molar-refractivity contribution in [3.8, 4) is 0 Å². The zero-order chi connectivity index (χ0) is 20.0. The maximum absolute atomic E-state index is 12.9. The number of ether oxygens (including phenoxy) is 2. The van der Waals surface area contributed by atoms with Gasteiger partial charge in [-0.05, 0) is 32.6 Å². The van der Waals surface area contributed by atoms with Crippen molar-refractivity contribution >= 4 is 11.8 Å². The van der Waals surface area contributed by atoms with Crippen LogP contribution in [0.1, 0.15) is 45.4 Å².